The van der Waals surface area contributed by atoms with Gasteiger partial charge in [0.25, 0.3) is 0 Å². The molecule has 8 rings (SSSR count). The molecule has 0 atom stereocenters. The molecule has 0 saturated carbocycles. The molecule has 0 bridgehead atoms. The molecule has 0 unspecified atom stereocenters. The smallest absolute Gasteiger partial charge is 0.161 e. The van der Waals surface area contributed by atoms with E-state index in [4.69, 9.17) is 9.97 Å². The molecule has 202 valence electrons. The summed E-state index contributed by atoms with van der Waals surface area (Å²) in [5, 5.41) is 2.62. The van der Waals surface area contributed by atoms with Gasteiger partial charge >= 0.3 is 0 Å². The van der Waals surface area contributed by atoms with Gasteiger partial charge in [-0.2, -0.15) is 0 Å². The van der Waals surface area contributed by atoms with Gasteiger partial charge < -0.3 is 0 Å². The Morgan fingerprint density at radius 3 is 1.81 bits per heavy atom. The number of pyridine rings is 1. The second-order valence-electron chi connectivity index (χ2n) is 10.5. The molecule has 8 aromatic rings. The third-order valence-electron chi connectivity index (χ3n) is 7.80. The number of hydrogen-bond donors (Lipinski definition) is 0. The first-order chi connectivity index (χ1) is 21.3. The van der Waals surface area contributed by atoms with Crippen LogP contribution in [0, 0.1) is 0 Å². The Kier molecular flexibility index (Phi) is 6.32. The summed E-state index contributed by atoms with van der Waals surface area (Å²) in [5.74, 6) is 0.677. The highest BCUT2D eigenvalue weighted by Crippen LogP contribution is 2.37. The van der Waals surface area contributed by atoms with Crippen molar-refractivity contribution in [3.05, 3.63) is 152 Å². The van der Waals surface area contributed by atoms with Gasteiger partial charge in [-0.1, -0.05) is 109 Å². The van der Waals surface area contributed by atoms with Crippen molar-refractivity contribution < 1.29 is 0 Å². The van der Waals surface area contributed by atoms with Crippen LogP contribution in [0.25, 0.3) is 76.5 Å². The van der Waals surface area contributed by atoms with Crippen LogP contribution in [0.5, 0.6) is 0 Å². The monoisotopic (exact) mass is 567 g/mol. The molecule has 43 heavy (non-hydrogen) atoms. The van der Waals surface area contributed by atoms with Crippen LogP contribution in [0.4, 0.5) is 0 Å². The lowest BCUT2D eigenvalue weighted by molar-refractivity contribution is 1.18. The lowest BCUT2D eigenvalue weighted by Crippen LogP contribution is -1.97. The van der Waals surface area contributed by atoms with Crippen molar-refractivity contribution in [3.8, 4) is 56.3 Å². The van der Waals surface area contributed by atoms with Gasteiger partial charge in [-0.15, -0.1) is 11.3 Å². The number of fused-ring (bicyclic) bond motifs is 3. The summed E-state index contributed by atoms with van der Waals surface area (Å²) in [7, 11) is 0. The number of nitrogens with zero attached hydrogens (tertiary/aromatic N) is 3. The highest BCUT2D eigenvalue weighted by atomic mass is 32.1. The van der Waals surface area contributed by atoms with Crippen molar-refractivity contribution in [1.82, 2.24) is 15.0 Å². The minimum absolute atomic E-state index is 0.677. The van der Waals surface area contributed by atoms with Crippen LogP contribution in [0.3, 0.4) is 0 Å². The van der Waals surface area contributed by atoms with E-state index in [9.17, 15) is 0 Å². The summed E-state index contributed by atoms with van der Waals surface area (Å²) in [6.07, 6.45) is 1.82. The highest BCUT2D eigenvalue weighted by molar-refractivity contribution is 7.25. The molecule has 0 N–H and O–H groups in total. The van der Waals surface area contributed by atoms with Gasteiger partial charge in [-0.25, -0.2) is 9.97 Å². The topological polar surface area (TPSA) is 38.7 Å². The van der Waals surface area contributed by atoms with Crippen LogP contribution >= 0.6 is 11.3 Å². The van der Waals surface area contributed by atoms with Gasteiger partial charge in [0.15, 0.2) is 5.82 Å². The van der Waals surface area contributed by atoms with Crippen LogP contribution in [0.1, 0.15) is 0 Å². The zero-order chi connectivity index (χ0) is 28.6. The number of thiophene rings is 1. The quantitative estimate of drug-likeness (QED) is 0.208. The fourth-order valence-electron chi connectivity index (χ4n) is 5.63. The van der Waals surface area contributed by atoms with Crippen molar-refractivity contribution in [3.63, 3.8) is 0 Å². The second-order valence-corrected chi connectivity index (χ2v) is 11.6. The predicted octanol–water partition coefficient (Wildman–Crippen LogP) is 10.6. The highest BCUT2D eigenvalue weighted by Gasteiger charge is 2.15. The van der Waals surface area contributed by atoms with E-state index in [1.54, 1.807) is 0 Å². The Hall–Kier alpha value is -5.45. The van der Waals surface area contributed by atoms with E-state index in [0.717, 1.165) is 39.3 Å². The Morgan fingerprint density at radius 2 is 1.02 bits per heavy atom. The molecule has 0 saturated heterocycles. The van der Waals surface area contributed by atoms with Crippen LogP contribution in [-0.2, 0) is 0 Å². The molecule has 3 nitrogen and oxygen atoms in total. The van der Waals surface area contributed by atoms with Crippen LogP contribution < -0.4 is 0 Å². The first-order valence-corrected chi connectivity index (χ1v) is 15.1. The summed E-state index contributed by atoms with van der Waals surface area (Å²) < 4.78 is 2.64. The van der Waals surface area contributed by atoms with E-state index in [-0.39, 0.29) is 0 Å². The van der Waals surface area contributed by atoms with Gasteiger partial charge in [-0.05, 0) is 47.5 Å². The number of hydrogen-bond acceptors (Lipinski definition) is 4. The predicted molar refractivity (Wildman–Crippen MR) is 180 cm³/mol. The summed E-state index contributed by atoms with van der Waals surface area (Å²) in [6.45, 7) is 0. The second kappa shape index (κ2) is 10.8. The summed E-state index contributed by atoms with van der Waals surface area (Å²) in [6, 6.07) is 50.7. The standard InChI is InChI=1S/C39H25N3S/c1-2-10-27(11-3-1)35-25-36(42-39(41-35)32-14-5-4-12-30(32)34-15-8-9-23-40-34)28-19-17-26(18-20-28)29-21-22-38-33(24-29)31-13-6-7-16-37(31)43-38/h1-25H. The lowest BCUT2D eigenvalue weighted by Gasteiger charge is -2.12. The molecule has 0 radical (unpaired) electrons. The fourth-order valence-corrected chi connectivity index (χ4v) is 6.72. The van der Waals surface area contributed by atoms with E-state index in [1.165, 1.54) is 31.3 Å². The molecule has 5 aromatic carbocycles. The molecule has 3 aromatic heterocycles. The molecular weight excluding hydrogens is 543 g/mol. The van der Waals surface area contributed by atoms with Crippen molar-refractivity contribution >= 4 is 31.5 Å². The number of rotatable bonds is 5. The van der Waals surface area contributed by atoms with Gasteiger partial charge in [0.1, 0.15) is 0 Å². The maximum absolute atomic E-state index is 5.12. The minimum Gasteiger partial charge on any atom is -0.256 e. The molecule has 0 aliphatic carbocycles. The minimum atomic E-state index is 0.677. The average molecular weight is 568 g/mol. The molecule has 0 aliphatic heterocycles. The molecule has 0 fully saturated rings. The van der Waals surface area contributed by atoms with E-state index in [2.05, 4.69) is 102 Å². The van der Waals surface area contributed by atoms with E-state index in [0.29, 0.717) is 5.82 Å². The Morgan fingerprint density at radius 1 is 0.395 bits per heavy atom. The first kappa shape index (κ1) is 25.3. The molecule has 0 amide bonds. The summed E-state index contributed by atoms with van der Waals surface area (Å²) in [5.41, 5.74) is 9.10. The van der Waals surface area contributed by atoms with Crippen molar-refractivity contribution in [1.29, 1.82) is 0 Å². The van der Waals surface area contributed by atoms with Gasteiger partial charge in [0, 0.05) is 48.6 Å². The molecule has 0 aliphatic rings. The zero-order valence-electron chi connectivity index (χ0n) is 23.2. The first-order valence-electron chi connectivity index (χ1n) is 14.3. The van der Waals surface area contributed by atoms with Gasteiger partial charge in [0.05, 0.1) is 17.1 Å². The number of aromatic nitrogens is 3. The van der Waals surface area contributed by atoms with Crippen LogP contribution in [0.2, 0.25) is 0 Å². The Bertz CT molecular complexity index is 2220. The van der Waals surface area contributed by atoms with Gasteiger partial charge in [-0.3, -0.25) is 4.98 Å². The SMILES string of the molecule is c1ccc(-c2cc(-c3ccc(-c4ccc5sc6ccccc6c5c4)cc3)nc(-c3ccccc3-c3ccccn3)n2)cc1. The summed E-state index contributed by atoms with van der Waals surface area (Å²) in [4.78, 5) is 14.8. The normalized spacial score (nSPS) is 11.3. The van der Waals surface area contributed by atoms with Gasteiger partial charge in [0.2, 0.25) is 0 Å². The average Bonchev–Trinajstić information content (AvgIpc) is 3.47. The van der Waals surface area contributed by atoms with Crippen LogP contribution in [-0.4, -0.2) is 15.0 Å². The molecule has 3 heterocycles. The van der Waals surface area contributed by atoms with Crippen molar-refractivity contribution in [2.24, 2.45) is 0 Å². The Balaban J connectivity index is 1.23. The largest absolute Gasteiger partial charge is 0.256 e. The van der Waals surface area contributed by atoms with Crippen molar-refractivity contribution in [2.45, 2.75) is 0 Å². The Labute approximate surface area is 253 Å². The molecular formula is C39H25N3S. The van der Waals surface area contributed by atoms with Crippen molar-refractivity contribution in [2.75, 3.05) is 0 Å². The fraction of sp³-hybridized carbons (Fsp3) is 0. The maximum Gasteiger partial charge on any atom is 0.161 e. The van der Waals surface area contributed by atoms with Crippen LogP contribution in [0.15, 0.2) is 152 Å². The van der Waals surface area contributed by atoms with E-state index >= 15 is 0 Å². The third-order valence-corrected chi connectivity index (χ3v) is 8.95. The van der Waals surface area contributed by atoms with E-state index in [1.807, 2.05) is 66.1 Å². The zero-order valence-corrected chi connectivity index (χ0v) is 24.0. The maximum atomic E-state index is 5.12. The number of benzene rings is 5. The lowest BCUT2D eigenvalue weighted by atomic mass is 9.99. The molecule has 0 spiro atoms. The molecule has 4 heteroatoms. The summed E-state index contributed by atoms with van der Waals surface area (Å²) >= 11 is 1.85. The van der Waals surface area contributed by atoms with E-state index < -0.39 is 0 Å². The third kappa shape index (κ3) is 4.78.